The lowest BCUT2D eigenvalue weighted by molar-refractivity contribution is 0.268. The molecule has 0 unspecified atom stereocenters. The Balaban J connectivity index is 2.47. The minimum atomic E-state index is -3.41. The molecule has 2 heterocycles. The maximum atomic E-state index is 12.8. The quantitative estimate of drug-likeness (QED) is 0.854. The lowest BCUT2D eigenvalue weighted by Gasteiger charge is -2.32. The molecule has 1 fully saturated rings. The molecule has 19 heavy (non-hydrogen) atoms. The third kappa shape index (κ3) is 2.43. The highest BCUT2D eigenvalue weighted by atomic mass is 32.2. The Morgan fingerprint density at radius 1 is 1.32 bits per heavy atom. The summed E-state index contributed by atoms with van der Waals surface area (Å²) in [6.45, 7) is 8.90. The molecule has 1 atom stereocenters. The van der Waals surface area contributed by atoms with E-state index in [2.05, 4.69) is 5.10 Å². The molecule has 6 heteroatoms. The molecule has 2 rings (SSSR count). The molecule has 1 saturated heterocycles. The highest BCUT2D eigenvalue weighted by Gasteiger charge is 2.34. The molecule has 1 aromatic heterocycles. The fourth-order valence-electron chi connectivity index (χ4n) is 2.91. The van der Waals surface area contributed by atoms with E-state index < -0.39 is 10.0 Å². The van der Waals surface area contributed by atoms with Crippen LogP contribution in [0.25, 0.3) is 0 Å². The van der Waals surface area contributed by atoms with Gasteiger partial charge in [-0.05, 0) is 40.5 Å². The molecule has 1 aliphatic rings. The van der Waals surface area contributed by atoms with Crippen molar-refractivity contribution >= 4 is 10.0 Å². The molecule has 0 aromatic carbocycles. The number of piperidine rings is 1. The third-order valence-corrected chi connectivity index (χ3v) is 6.19. The summed E-state index contributed by atoms with van der Waals surface area (Å²) in [6.07, 6.45) is 3.00. The van der Waals surface area contributed by atoms with Gasteiger partial charge in [0.2, 0.25) is 10.0 Å². The van der Waals surface area contributed by atoms with Gasteiger partial charge in [0, 0.05) is 19.1 Å². The predicted molar refractivity (Wildman–Crippen MR) is 74.6 cm³/mol. The Labute approximate surface area is 115 Å². The second-order valence-corrected chi connectivity index (χ2v) is 7.10. The van der Waals surface area contributed by atoms with E-state index in [1.54, 1.807) is 15.9 Å². The lowest BCUT2D eigenvalue weighted by atomic mass is 10.1. The van der Waals surface area contributed by atoms with Crippen LogP contribution in [-0.4, -0.2) is 35.1 Å². The monoisotopic (exact) mass is 285 g/mol. The third-order valence-electron chi connectivity index (χ3n) is 3.92. The van der Waals surface area contributed by atoms with Crippen molar-refractivity contribution in [2.24, 2.45) is 0 Å². The van der Waals surface area contributed by atoms with E-state index >= 15 is 0 Å². The molecule has 1 aliphatic heterocycles. The normalized spacial score (nSPS) is 21.8. The van der Waals surface area contributed by atoms with Crippen molar-refractivity contribution in [1.82, 2.24) is 14.1 Å². The first-order valence-corrected chi connectivity index (χ1v) is 8.39. The topological polar surface area (TPSA) is 55.2 Å². The van der Waals surface area contributed by atoms with Gasteiger partial charge in [-0.15, -0.1) is 0 Å². The number of hydrogen-bond donors (Lipinski definition) is 0. The van der Waals surface area contributed by atoms with Crippen LogP contribution >= 0.6 is 0 Å². The van der Waals surface area contributed by atoms with E-state index in [9.17, 15) is 8.42 Å². The number of aromatic nitrogens is 2. The minimum absolute atomic E-state index is 0.0857. The van der Waals surface area contributed by atoms with Crippen molar-refractivity contribution in [3.05, 3.63) is 11.4 Å². The fraction of sp³-hybridized carbons (Fsp3) is 0.769. The number of nitrogens with zero attached hydrogens (tertiary/aromatic N) is 3. The van der Waals surface area contributed by atoms with Crippen molar-refractivity contribution < 1.29 is 8.42 Å². The highest BCUT2D eigenvalue weighted by molar-refractivity contribution is 7.89. The molecule has 0 N–H and O–H groups in total. The van der Waals surface area contributed by atoms with Crippen LogP contribution in [0.2, 0.25) is 0 Å². The van der Waals surface area contributed by atoms with Gasteiger partial charge in [-0.3, -0.25) is 4.68 Å². The SMILES string of the molecule is CCn1nc(C)c(S(=O)(=O)N2CCCC[C@H]2C)c1C. The smallest absolute Gasteiger partial charge is 0.246 e. The van der Waals surface area contributed by atoms with E-state index in [0.29, 0.717) is 23.7 Å². The first-order valence-electron chi connectivity index (χ1n) is 6.95. The van der Waals surface area contributed by atoms with Gasteiger partial charge in [0.05, 0.1) is 11.4 Å². The second-order valence-electron chi connectivity index (χ2n) is 5.28. The Kier molecular flexibility index (Phi) is 4.01. The largest absolute Gasteiger partial charge is 0.268 e. The van der Waals surface area contributed by atoms with E-state index in [-0.39, 0.29) is 6.04 Å². The first-order chi connectivity index (χ1) is 8.89. The van der Waals surface area contributed by atoms with Crippen LogP contribution in [0.1, 0.15) is 44.5 Å². The van der Waals surface area contributed by atoms with Crippen molar-refractivity contribution in [2.75, 3.05) is 6.54 Å². The summed E-state index contributed by atoms with van der Waals surface area (Å²) in [6, 6.07) is 0.0857. The summed E-state index contributed by atoms with van der Waals surface area (Å²) in [5.41, 5.74) is 1.36. The molecular weight excluding hydrogens is 262 g/mol. The molecule has 0 bridgehead atoms. The second kappa shape index (κ2) is 5.25. The van der Waals surface area contributed by atoms with Crippen LogP contribution in [0.15, 0.2) is 4.90 Å². The zero-order chi connectivity index (χ0) is 14.2. The Bertz CT molecular complexity index is 563. The van der Waals surface area contributed by atoms with Crippen LogP contribution in [0.5, 0.6) is 0 Å². The van der Waals surface area contributed by atoms with Gasteiger partial charge in [0.1, 0.15) is 4.90 Å². The van der Waals surface area contributed by atoms with E-state index in [1.807, 2.05) is 20.8 Å². The highest BCUT2D eigenvalue weighted by Crippen LogP contribution is 2.28. The standard InChI is InChI=1S/C13H23N3O2S/c1-5-15-12(4)13(11(3)14-15)19(17,18)16-9-7-6-8-10(16)2/h10H,5-9H2,1-4H3/t10-/m1/s1. The molecular formula is C13H23N3O2S. The van der Waals surface area contributed by atoms with Gasteiger partial charge in [0.15, 0.2) is 0 Å². The number of rotatable bonds is 3. The molecule has 1 aromatic rings. The van der Waals surface area contributed by atoms with Gasteiger partial charge >= 0.3 is 0 Å². The number of sulfonamides is 1. The maximum Gasteiger partial charge on any atom is 0.246 e. The van der Waals surface area contributed by atoms with E-state index in [0.717, 1.165) is 25.0 Å². The fourth-order valence-corrected chi connectivity index (χ4v) is 4.98. The predicted octanol–water partition coefficient (Wildman–Crippen LogP) is 2.08. The van der Waals surface area contributed by atoms with Crippen LogP contribution in [0.3, 0.4) is 0 Å². The molecule has 0 aliphatic carbocycles. The molecule has 0 amide bonds. The molecule has 108 valence electrons. The summed E-state index contributed by atoms with van der Waals surface area (Å²) >= 11 is 0. The summed E-state index contributed by atoms with van der Waals surface area (Å²) in [5.74, 6) is 0. The molecule has 0 radical (unpaired) electrons. The first kappa shape index (κ1) is 14.5. The van der Waals surface area contributed by atoms with Crippen LogP contribution < -0.4 is 0 Å². The summed E-state index contributed by atoms with van der Waals surface area (Å²) in [4.78, 5) is 0.406. The Hall–Kier alpha value is -0.880. The molecule has 0 spiro atoms. The average Bonchev–Trinajstić information content (AvgIpc) is 2.64. The number of aryl methyl sites for hydroxylation is 2. The minimum Gasteiger partial charge on any atom is -0.268 e. The van der Waals surface area contributed by atoms with E-state index in [1.165, 1.54) is 0 Å². The maximum absolute atomic E-state index is 12.8. The Morgan fingerprint density at radius 3 is 2.53 bits per heavy atom. The van der Waals surface area contributed by atoms with Gasteiger partial charge in [0.25, 0.3) is 0 Å². The molecule has 5 nitrogen and oxygen atoms in total. The average molecular weight is 285 g/mol. The van der Waals surface area contributed by atoms with Gasteiger partial charge in [-0.25, -0.2) is 8.42 Å². The van der Waals surface area contributed by atoms with Crippen LogP contribution in [-0.2, 0) is 16.6 Å². The van der Waals surface area contributed by atoms with Crippen molar-refractivity contribution in [1.29, 1.82) is 0 Å². The van der Waals surface area contributed by atoms with Gasteiger partial charge < -0.3 is 0 Å². The van der Waals surface area contributed by atoms with Gasteiger partial charge in [-0.2, -0.15) is 9.40 Å². The zero-order valence-corrected chi connectivity index (χ0v) is 13.0. The van der Waals surface area contributed by atoms with Crippen molar-refractivity contribution in [3.8, 4) is 0 Å². The summed E-state index contributed by atoms with van der Waals surface area (Å²) in [7, 11) is -3.41. The Morgan fingerprint density at radius 2 is 2.00 bits per heavy atom. The van der Waals surface area contributed by atoms with Gasteiger partial charge in [-0.1, -0.05) is 6.42 Å². The van der Waals surface area contributed by atoms with Crippen LogP contribution in [0, 0.1) is 13.8 Å². The number of hydrogen-bond acceptors (Lipinski definition) is 3. The lowest BCUT2D eigenvalue weighted by Crippen LogP contribution is -2.42. The summed E-state index contributed by atoms with van der Waals surface area (Å²) < 4.78 is 29.1. The van der Waals surface area contributed by atoms with Crippen molar-refractivity contribution in [3.63, 3.8) is 0 Å². The molecule has 0 saturated carbocycles. The van der Waals surface area contributed by atoms with Crippen LogP contribution in [0.4, 0.5) is 0 Å². The van der Waals surface area contributed by atoms with E-state index in [4.69, 9.17) is 0 Å². The summed E-state index contributed by atoms with van der Waals surface area (Å²) in [5, 5.41) is 4.33. The zero-order valence-electron chi connectivity index (χ0n) is 12.2. The van der Waals surface area contributed by atoms with Crippen molar-refractivity contribution in [2.45, 2.75) is 64.4 Å².